The minimum absolute atomic E-state index is 0.0166. The summed E-state index contributed by atoms with van der Waals surface area (Å²) in [6.07, 6.45) is 0.454. The van der Waals surface area contributed by atoms with Gasteiger partial charge in [0.25, 0.3) is 5.91 Å². The van der Waals surface area contributed by atoms with Crippen molar-refractivity contribution in [1.29, 1.82) is 0 Å². The molecule has 2 N–H and O–H groups in total. The normalized spacial score (nSPS) is 11.3. The second-order valence-electron chi connectivity index (χ2n) is 9.21. The number of halogens is 1. The first-order valence-corrected chi connectivity index (χ1v) is 13.5. The van der Waals surface area contributed by atoms with Gasteiger partial charge in [0.2, 0.25) is 0 Å². The van der Waals surface area contributed by atoms with Crippen LogP contribution < -0.4 is 11.0 Å². The number of aliphatic carboxylic acids is 1. The quantitative estimate of drug-likeness (QED) is 0.256. The van der Waals surface area contributed by atoms with Crippen LogP contribution >= 0.6 is 22.9 Å². The third kappa shape index (κ3) is 5.23. The number of aryl methyl sites for hydroxylation is 2. The molecule has 5 aromatic rings. The maximum atomic E-state index is 13.5. The number of rotatable bonds is 9. The van der Waals surface area contributed by atoms with Gasteiger partial charge in [-0.25, -0.2) is 4.79 Å². The van der Waals surface area contributed by atoms with Crippen molar-refractivity contribution in [3.8, 4) is 0 Å². The molecule has 3 aromatic carbocycles. The van der Waals surface area contributed by atoms with Crippen molar-refractivity contribution in [3.05, 3.63) is 104 Å². The van der Waals surface area contributed by atoms with Crippen LogP contribution in [-0.2, 0) is 24.3 Å². The number of benzene rings is 3. The van der Waals surface area contributed by atoms with E-state index in [2.05, 4.69) is 29.8 Å². The van der Waals surface area contributed by atoms with Crippen molar-refractivity contribution in [2.75, 3.05) is 6.54 Å². The lowest BCUT2D eigenvalue weighted by atomic mass is 10.1. The number of carbonyl (C=O) groups excluding carboxylic acids is 1. The zero-order chi connectivity index (χ0) is 26.8. The number of thiophene rings is 1. The Labute approximate surface area is 227 Å². The Morgan fingerprint density at radius 3 is 2.58 bits per heavy atom. The molecule has 194 valence electrons. The number of carbonyl (C=O) groups is 2. The van der Waals surface area contributed by atoms with E-state index in [4.69, 9.17) is 11.6 Å². The molecule has 2 heterocycles. The summed E-state index contributed by atoms with van der Waals surface area (Å²) >= 11 is 7.57. The zero-order valence-corrected chi connectivity index (χ0v) is 22.3. The van der Waals surface area contributed by atoms with Crippen molar-refractivity contribution in [3.63, 3.8) is 0 Å². The molecular formula is C29H26ClN3O4S. The highest BCUT2D eigenvalue weighted by Gasteiger charge is 2.18. The molecule has 2 aromatic heterocycles. The Kier molecular flexibility index (Phi) is 7.35. The van der Waals surface area contributed by atoms with E-state index in [1.165, 1.54) is 4.57 Å². The lowest BCUT2D eigenvalue weighted by Crippen LogP contribution is -2.26. The number of nitrogens with one attached hydrogen (secondary N) is 1. The van der Waals surface area contributed by atoms with E-state index in [1.54, 1.807) is 34.1 Å². The summed E-state index contributed by atoms with van der Waals surface area (Å²) in [5, 5.41) is 16.0. The van der Waals surface area contributed by atoms with E-state index in [0.29, 0.717) is 41.1 Å². The van der Waals surface area contributed by atoms with Gasteiger partial charge < -0.3 is 10.4 Å². The molecule has 0 unspecified atom stereocenters. The molecule has 0 fully saturated rings. The van der Waals surface area contributed by atoms with E-state index < -0.39 is 5.97 Å². The molecule has 1 amide bonds. The third-order valence-corrected chi connectivity index (χ3v) is 7.90. The molecule has 0 radical (unpaired) electrons. The number of carboxylic acids is 1. The van der Waals surface area contributed by atoms with Crippen LogP contribution in [0, 0.1) is 6.92 Å². The van der Waals surface area contributed by atoms with E-state index in [-0.39, 0.29) is 24.6 Å². The van der Waals surface area contributed by atoms with Crippen LogP contribution in [0.1, 0.15) is 33.5 Å². The van der Waals surface area contributed by atoms with Crippen LogP contribution in [-0.4, -0.2) is 32.7 Å². The fraction of sp³-hybridized carbons (Fsp3) is 0.207. The first kappa shape index (κ1) is 25.8. The molecule has 0 atom stereocenters. The molecule has 7 nitrogen and oxygen atoms in total. The molecule has 0 aliphatic heterocycles. The summed E-state index contributed by atoms with van der Waals surface area (Å²) in [6.45, 7) is 2.86. The van der Waals surface area contributed by atoms with Gasteiger partial charge in [-0.15, -0.1) is 11.3 Å². The average molecular weight is 548 g/mol. The number of hydrogen-bond acceptors (Lipinski definition) is 4. The molecule has 0 saturated heterocycles. The van der Waals surface area contributed by atoms with E-state index in [1.807, 2.05) is 30.3 Å². The van der Waals surface area contributed by atoms with Crippen LogP contribution in [0.4, 0.5) is 0 Å². The fourth-order valence-electron chi connectivity index (χ4n) is 4.74. The number of aromatic nitrogens is 2. The summed E-state index contributed by atoms with van der Waals surface area (Å²) in [7, 11) is 0. The Morgan fingerprint density at radius 2 is 1.82 bits per heavy atom. The lowest BCUT2D eigenvalue weighted by molar-refractivity contribution is -0.137. The minimum atomic E-state index is -0.992. The number of amides is 1. The van der Waals surface area contributed by atoms with Crippen LogP contribution in [0.3, 0.4) is 0 Å². The summed E-state index contributed by atoms with van der Waals surface area (Å²) < 4.78 is 4.27. The Hall–Kier alpha value is -3.88. The second kappa shape index (κ2) is 10.8. The SMILES string of the molecule is Cc1cccc2scc(Cn3c(=O)n(CCC(=O)O)c4cc(C(=O)NCCc5ccc(Cl)cc5)ccc43)c12. The molecular weight excluding hydrogens is 522 g/mol. The Morgan fingerprint density at radius 1 is 1.03 bits per heavy atom. The molecule has 0 spiro atoms. The minimum Gasteiger partial charge on any atom is -0.481 e. The van der Waals surface area contributed by atoms with Crippen LogP contribution in [0.5, 0.6) is 0 Å². The monoisotopic (exact) mass is 547 g/mol. The zero-order valence-electron chi connectivity index (χ0n) is 20.7. The van der Waals surface area contributed by atoms with E-state index in [9.17, 15) is 19.5 Å². The number of hydrogen-bond donors (Lipinski definition) is 2. The summed E-state index contributed by atoms with van der Waals surface area (Å²) in [5.41, 5.74) is 4.54. The predicted molar refractivity (Wildman–Crippen MR) is 152 cm³/mol. The first-order valence-electron chi connectivity index (χ1n) is 12.2. The van der Waals surface area contributed by atoms with Gasteiger partial charge in [-0.05, 0) is 71.8 Å². The number of nitrogens with zero attached hydrogens (tertiary/aromatic N) is 2. The van der Waals surface area contributed by atoms with Gasteiger partial charge in [0.15, 0.2) is 0 Å². The summed E-state index contributed by atoms with van der Waals surface area (Å²) in [4.78, 5) is 37.7. The Bertz CT molecular complexity index is 1720. The van der Waals surface area contributed by atoms with E-state index >= 15 is 0 Å². The molecule has 38 heavy (non-hydrogen) atoms. The van der Waals surface area contributed by atoms with Crippen LogP contribution in [0.25, 0.3) is 21.1 Å². The van der Waals surface area contributed by atoms with E-state index in [0.717, 1.165) is 26.8 Å². The van der Waals surface area contributed by atoms with Crippen molar-refractivity contribution in [2.24, 2.45) is 0 Å². The maximum Gasteiger partial charge on any atom is 0.329 e. The van der Waals surface area contributed by atoms with Crippen molar-refractivity contribution >= 4 is 55.9 Å². The third-order valence-electron chi connectivity index (χ3n) is 6.66. The highest BCUT2D eigenvalue weighted by molar-refractivity contribution is 7.17. The standard InChI is InChI=1S/C29H26ClN3O4S/c1-18-3-2-4-25-27(18)21(17-38-25)16-33-23-10-7-20(15-24(23)32(29(33)37)14-12-26(34)35)28(36)31-13-11-19-5-8-22(30)9-6-19/h2-10,15,17H,11-14,16H2,1H3,(H,31,36)(H,34,35). The summed E-state index contributed by atoms with van der Waals surface area (Å²) in [6, 6.07) is 18.7. The van der Waals surface area contributed by atoms with Gasteiger partial charge in [-0.1, -0.05) is 35.9 Å². The fourth-order valence-corrected chi connectivity index (χ4v) is 5.90. The predicted octanol–water partition coefficient (Wildman–Crippen LogP) is 5.48. The number of fused-ring (bicyclic) bond motifs is 2. The van der Waals surface area contributed by atoms with Crippen LogP contribution in [0.2, 0.25) is 5.02 Å². The topological polar surface area (TPSA) is 93.3 Å². The largest absolute Gasteiger partial charge is 0.481 e. The van der Waals surface area contributed by atoms with Gasteiger partial charge in [-0.3, -0.25) is 18.7 Å². The summed E-state index contributed by atoms with van der Waals surface area (Å²) in [5.74, 6) is -1.25. The van der Waals surface area contributed by atoms with Gasteiger partial charge in [0.1, 0.15) is 0 Å². The number of imidazole rings is 1. The molecule has 0 aliphatic rings. The average Bonchev–Trinajstić information content (AvgIpc) is 3.43. The van der Waals surface area contributed by atoms with Gasteiger partial charge >= 0.3 is 11.7 Å². The molecule has 0 bridgehead atoms. The molecule has 5 rings (SSSR count). The molecule has 9 heteroatoms. The van der Waals surface area contributed by atoms with Crippen molar-refractivity contribution in [1.82, 2.24) is 14.5 Å². The molecule has 0 saturated carbocycles. The van der Waals surface area contributed by atoms with Crippen molar-refractivity contribution < 1.29 is 14.7 Å². The molecule has 0 aliphatic carbocycles. The smallest absolute Gasteiger partial charge is 0.329 e. The number of carboxylic acid groups (broad SMARTS) is 1. The lowest BCUT2D eigenvalue weighted by Gasteiger charge is -2.07. The highest BCUT2D eigenvalue weighted by Crippen LogP contribution is 2.30. The van der Waals surface area contributed by atoms with Gasteiger partial charge in [-0.2, -0.15) is 0 Å². The Balaban J connectivity index is 1.45. The first-order chi connectivity index (χ1) is 18.3. The maximum absolute atomic E-state index is 13.5. The highest BCUT2D eigenvalue weighted by atomic mass is 35.5. The van der Waals surface area contributed by atoms with Gasteiger partial charge in [0, 0.05) is 33.8 Å². The van der Waals surface area contributed by atoms with Crippen molar-refractivity contribution in [2.45, 2.75) is 32.9 Å². The van der Waals surface area contributed by atoms with Gasteiger partial charge in [0.05, 0.1) is 24.0 Å². The van der Waals surface area contributed by atoms with Crippen LogP contribution in [0.15, 0.2) is 70.8 Å². The second-order valence-corrected chi connectivity index (χ2v) is 10.6.